The first-order valence-electron chi connectivity index (χ1n) is 6.15. The van der Waals surface area contributed by atoms with E-state index in [0.717, 1.165) is 32.0 Å². The number of halogens is 1. The standard InChI is InChI=1S/C13H13BrN4S/c1-7-5-8(2)16-13(15-7)19-11-6-10(14)17-12(18-11)9-3-4-9/h5-6,9H,3-4H2,1-2H3. The number of aromatic nitrogens is 4. The van der Waals surface area contributed by atoms with Gasteiger partial charge in [0.15, 0.2) is 5.16 Å². The number of hydrogen-bond acceptors (Lipinski definition) is 5. The van der Waals surface area contributed by atoms with Crippen molar-refractivity contribution in [2.75, 3.05) is 0 Å². The largest absolute Gasteiger partial charge is 0.228 e. The molecule has 4 nitrogen and oxygen atoms in total. The van der Waals surface area contributed by atoms with Gasteiger partial charge in [0.25, 0.3) is 0 Å². The second-order valence-electron chi connectivity index (χ2n) is 4.70. The van der Waals surface area contributed by atoms with Gasteiger partial charge >= 0.3 is 0 Å². The van der Waals surface area contributed by atoms with Crippen molar-refractivity contribution >= 4 is 27.7 Å². The molecule has 1 fully saturated rings. The van der Waals surface area contributed by atoms with Gasteiger partial charge in [-0.3, -0.25) is 0 Å². The van der Waals surface area contributed by atoms with E-state index in [2.05, 4.69) is 35.9 Å². The molecule has 0 atom stereocenters. The molecule has 0 radical (unpaired) electrons. The highest BCUT2D eigenvalue weighted by molar-refractivity contribution is 9.10. The topological polar surface area (TPSA) is 51.6 Å². The molecule has 0 spiro atoms. The molecule has 0 saturated heterocycles. The lowest BCUT2D eigenvalue weighted by atomic mass is 10.4. The maximum Gasteiger partial charge on any atom is 0.194 e. The summed E-state index contributed by atoms with van der Waals surface area (Å²) in [6.07, 6.45) is 2.39. The van der Waals surface area contributed by atoms with Crippen LogP contribution < -0.4 is 0 Å². The van der Waals surface area contributed by atoms with Crippen LogP contribution in [0.5, 0.6) is 0 Å². The maximum absolute atomic E-state index is 4.59. The van der Waals surface area contributed by atoms with Crippen molar-refractivity contribution in [2.24, 2.45) is 0 Å². The van der Waals surface area contributed by atoms with Gasteiger partial charge < -0.3 is 0 Å². The van der Waals surface area contributed by atoms with Gasteiger partial charge in [0, 0.05) is 23.4 Å². The molecule has 0 amide bonds. The summed E-state index contributed by atoms with van der Waals surface area (Å²) in [6.45, 7) is 3.95. The Morgan fingerprint density at radius 3 is 2.37 bits per heavy atom. The third kappa shape index (κ3) is 3.30. The highest BCUT2D eigenvalue weighted by Crippen LogP contribution is 2.39. The fourth-order valence-electron chi connectivity index (χ4n) is 1.82. The summed E-state index contributed by atoms with van der Waals surface area (Å²) in [5, 5.41) is 1.64. The van der Waals surface area contributed by atoms with Crippen LogP contribution in [0.15, 0.2) is 26.9 Å². The van der Waals surface area contributed by atoms with Crippen LogP contribution in [0.4, 0.5) is 0 Å². The lowest BCUT2D eigenvalue weighted by molar-refractivity contribution is 0.856. The number of nitrogens with zero attached hydrogens (tertiary/aromatic N) is 4. The molecule has 1 saturated carbocycles. The molecule has 6 heteroatoms. The van der Waals surface area contributed by atoms with E-state index in [9.17, 15) is 0 Å². The minimum atomic E-state index is 0.539. The number of hydrogen-bond donors (Lipinski definition) is 0. The molecule has 2 aromatic rings. The quantitative estimate of drug-likeness (QED) is 0.632. The molecule has 0 N–H and O–H groups in total. The van der Waals surface area contributed by atoms with Gasteiger partial charge in [-0.2, -0.15) is 0 Å². The third-order valence-corrected chi connectivity index (χ3v) is 3.98. The molecule has 1 aliphatic rings. The van der Waals surface area contributed by atoms with E-state index >= 15 is 0 Å². The molecular formula is C13H13BrN4S. The monoisotopic (exact) mass is 336 g/mol. The first-order valence-corrected chi connectivity index (χ1v) is 7.76. The Morgan fingerprint density at radius 2 is 1.74 bits per heavy atom. The molecule has 0 bridgehead atoms. The summed E-state index contributed by atoms with van der Waals surface area (Å²) in [4.78, 5) is 17.9. The maximum atomic E-state index is 4.59. The molecule has 3 rings (SSSR count). The van der Waals surface area contributed by atoms with Crippen molar-refractivity contribution in [3.05, 3.63) is 33.9 Å². The molecule has 19 heavy (non-hydrogen) atoms. The summed E-state index contributed by atoms with van der Waals surface area (Å²) in [7, 11) is 0. The average Bonchev–Trinajstić information content (AvgIpc) is 3.09. The predicted molar refractivity (Wildman–Crippen MR) is 77.3 cm³/mol. The second kappa shape index (κ2) is 5.17. The lowest BCUT2D eigenvalue weighted by Crippen LogP contribution is -1.97. The van der Waals surface area contributed by atoms with Crippen LogP contribution in [0, 0.1) is 13.8 Å². The molecule has 0 unspecified atom stereocenters. The number of rotatable bonds is 3. The van der Waals surface area contributed by atoms with E-state index in [1.807, 2.05) is 26.0 Å². The summed E-state index contributed by atoms with van der Waals surface area (Å²) >= 11 is 4.93. The predicted octanol–water partition coefficient (Wildman–Crippen LogP) is 3.67. The Labute approximate surface area is 124 Å². The first kappa shape index (κ1) is 13.0. The van der Waals surface area contributed by atoms with Gasteiger partial charge in [0.1, 0.15) is 15.5 Å². The lowest BCUT2D eigenvalue weighted by Gasteiger charge is -2.04. The van der Waals surface area contributed by atoms with E-state index in [0.29, 0.717) is 5.92 Å². The van der Waals surface area contributed by atoms with Crippen molar-refractivity contribution in [3.63, 3.8) is 0 Å². The van der Waals surface area contributed by atoms with Gasteiger partial charge in [-0.1, -0.05) is 0 Å². The van der Waals surface area contributed by atoms with Gasteiger partial charge in [-0.05, 0) is 60.4 Å². The summed E-state index contributed by atoms with van der Waals surface area (Å²) < 4.78 is 0.830. The van der Waals surface area contributed by atoms with E-state index in [1.165, 1.54) is 24.6 Å². The van der Waals surface area contributed by atoms with E-state index in [1.54, 1.807) is 0 Å². The Balaban J connectivity index is 1.89. The normalized spacial score (nSPS) is 14.7. The third-order valence-electron chi connectivity index (χ3n) is 2.79. The van der Waals surface area contributed by atoms with Crippen LogP contribution >= 0.6 is 27.7 Å². The molecule has 0 aliphatic heterocycles. The highest BCUT2D eigenvalue weighted by atomic mass is 79.9. The summed E-state index contributed by atoms with van der Waals surface area (Å²) in [5.41, 5.74) is 1.95. The Bertz CT molecular complexity index is 608. The molecular weight excluding hydrogens is 324 g/mol. The summed E-state index contributed by atoms with van der Waals surface area (Å²) in [6, 6.07) is 3.88. The zero-order valence-electron chi connectivity index (χ0n) is 10.7. The van der Waals surface area contributed by atoms with Crippen molar-refractivity contribution < 1.29 is 0 Å². The van der Waals surface area contributed by atoms with Gasteiger partial charge in [-0.25, -0.2) is 19.9 Å². The van der Waals surface area contributed by atoms with Gasteiger partial charge in [0.05, 0.1) is 0 Å². The fourth-order valence-corrected chi connectivity index (χ4v) is 3.25. The Morgan fingerprint density at radius 1 is 1.05 bits per heavy atom. The number of aryl methyl sites for hydroxylation is 2. The van der Waals surface area contributed by atoms with Crippen molar-refractivity contribution in [2.45, 2.75) is 42.8 Å². The van der Waals surface area contributed by atoms with Gasteiger partial charge in [0.2, 0.25) is 0 Å². The van der Waals surface area contributed by atoms with Crippen LogP contribution in [-0.4, -0.2) is 19.9 Å². The zero-order valence-corrected chi connectivity index (χ0v) is 13.1. The van der Waals surface area contributed by atoms with Gasteiger partial charge in [-0.15, -0.1) is 0 Å². The SMILES string of the molecule is Cc1cc(C)nc(Sc2cc(Br)nc(C3CC3)n2)n1. The van der Waals surface area contributed by atoms with Crippen molar-refractivity contribution in [3.8, 4) is 0 Å². The average molecular weight is 337 g/mol. The van der Waals surface area contributed by atoms with Crippen LogP contribution in [0.3, 0.4) is 0 Å². The van der Waals surface area contributed by atoms with Crippen molar-refractivity contribution in [1.29, 1.82) is 0 Å². The fraction of sp³-hybridized carbons (Fsp3) is 0.385. The molecule has 2 aromatic heterocycles. The molecule has 0 aromatic carbocycles. The van der Waals surface area contributed by atoms with Crippen LogP contribution in [0.25, 0.3) is 0 Å². The van der Waals surface area contributed by atoms with E-state index in [-0.39, 0.29) is 0 Å². The minimum Gasteiger partial charge on any atom is -0.228 e. The minimum absolute atomic E-state index is 0.539. The second-order valence-corrected chi connectivity index (χ2v) is 6.50. The van der Waals surface area contributed by atoms with Crippen LogP contribution in [0.2, 0.25) is 0 Å². The molecule has 1 aliphatic carbocycles. The Hall–Kier alpha value is -1.01. The van der Waals surface area contributed by atoms with E-state index < -0.39 is 0 Å². The van der Waals surface area contributed by atoms with Crippen LogP contribution in [0.1, 0.15) is 36.0 Å². The smallest absolute Gasteiger partial charge is 0.194 e. The summed E-state index contributed by atoms with van der Waals surface area (Å²) in [5.74, 6) is 1.47. The first-order chi connectivity index (χ1) is 9.10. The Kier molecular flexibility index (Phi) is 3.54. The molecule has 2 heterocycles. The van der Waals surface area contributed by atoms with Crippen molar-refractivity contribution in [1.82, 2.24) is 19.9 Å². The van der Waals surface area contributed by atoms with Crippen LogP contribution in [-0.2, 0) is 0 Å². The van der Waals surface area contributed by atoms with E-state index in [4.69, 9.17) is 0 Å². The molecule has 98 valence electrons. The zero-order chi connectivity index (χ0) is 13.4. The highest BCUT2D eigenvalue weighted by Gasteiger charge is 2.27.